The van der Waals surface area contributed by atoms with E-state index in [0.717, 1.165) is 49.7 Å². The number of aryl methyl sites for hydroxylation is 1. The number of piperidine rings is 1. The topological polar surface area (TPSA) is 127 Å². The SMILES string of the molecule is Cc1cc(N2C[C@H]3CC[C@@H](C2)C3Cc2nc(Oc3cc(F)cc(Cl)c3)n(C3CCOC3)n2)ncn1.Fc1cc(Cl)cc(Oc2nc(Br)nn2C2CCOC2)c1. The summed E-state index contributed by atoms with van der Waals surface area (Å²) in [7, 11) is 0. The van der Waals surface area contributed by atoms with E-state index in [1.807, 2.05) is 11.6 Å². The third kappa shape index (κ3) is 9.04. The summed E-state index contributed by atoms with van der Waals surface area (Å²) in [5.41, 5.74) is 0.988. The Bertz CT molecular complexity index is 2080. The summed E-state index contributed by atoms with van der Waals surface area (Å²) in [5.74, 6) is 3.09. The minimum atomic E-state index is -0.471. The molecule has 13 nitrogen and oxygen atoms in total. The molecule has 3 saturated heterocycles. The molecule has 4 aliphatic rings. The zero-order valence-corrected chi connectivity index (χ0v) is 32.9. The smallest absolute Gasteiger partial charge is 0.321 e. The highest BCUT2D eigenvalue weighted by Crippen LogP contribution is 2.44. The van der Waals surface area contributed by atoms with Gasteiger partial charge in [0, 0.05) is 66.7 Å². The number of benzene rings is 2. The highest BCUT2D eigenvalue weighted by molar-refractivity contribution is 9.10. The number of halogens is 5. The second-order valence-electron chi connectivity index (χ2n) is 14.2. The van der Waals surface area contributed by atoms with Gasteiger partial charge >= 0.3 is 12.0 Å². The Balaban J connectivity index is 0.000000181. The van der Waals surface area contributed by atoms with Gasteiger partial charge in [-0.05, 0) is 90.6 Å². The lowest BCUT2D eigenvalue weighted by Gasteiger charge is -2.38. The highest BCUT2D eigenvalue weighted by Gasteiger charge is 2.43. The van der Waals surface area contributed by atoms with Crippen LogP contribution in [-0.2, 0) is 15.9 Å². The number of rotatable bonds is 9. The standard InChI is InChI=1S/C25H28ClFN6O2.C12H10BrClFN3O2/c1-15-6-24(29-14-28-15)32-11-16-2-3-17(12-32)22(16)10-23-30-25(33(31-23)20-4-5-34-13-20)35-21-8-18(26)7-19(27)9-21;13-11-16-12(18(17-11)9-1-2-19-6-9)20-10-4-7(14)3-8(15)5-10/h6-9,14,16-17,20,22H,2-5,10-13H2,1H3;3-5,9H,1-2,6H2/t16-,17+,20?,22?;. The second-order valence-corrected chi connectivity index (χ2v) is 15.8. The van der Waals surface area contributed by atoms with Crippen molar-refractivity contribution in [3.05, 3.63) is 86.7 Å². The van der Waals surface area contributed by atoms with Gasteiger partial charge in [0.1, 0.15) is 35.3 Å². The van der Waals surface area contributed by atoms with E-state index in [9.17, 15) is 8.78 Å². The van der Waals surface area contributed by atoms with Crippen molar-refractivity contribution in [1.29, 1.82) is 0 Å². The predicted molar refractivity (Wildman–Crippen MR) is 202 cm³/mol. The first-order valence-electron chi connectivity index (χ1n) is 18.2. The van der Waals surface area contributed by atoms with Gasteiger partial charge in [0.15, 0.2) is 5.82 Å². The summed E-state index contributed by atoms with van der Waals surface area (Å²) in [4.78, 5) is 20.0. The fourth-order valence-electron chi connectivity index (χ4n) is 7.83. The molecule has 5 aromatic rings. The first-order valence-corrected chi connectivity index (χ1v) is 19.7. The normalized spacial score (nSPS) is 23.2. The van der Waals surface area contributed by atoms with Gasteiger partial charge in [0.25, 0.3) is 0 Å². The average Bonchev–Trinajstić information content (AvgIpc) is 3.98. The fraction of sp³-hybridized carbons (Fsp3) is 0.459. The predicted octanol–water partition coefficient (Wildman–Crippen LogP) is 8.21. The number of aromatic nitrogens is 8. The van der Waals surface area contributed by atoms with Crippen LogP contribution in [0.2, 0.25) is 10.0 Å². The first-order chi connectivity index (χ1) is 26.6. The van der Waals surface area contributed by atoms with Crippen LogP contribution in [0.5, 0.6) is 23.5 Å². The van der Waals surface area contributed by atoms with E-state index < -0.39 is 11.6 Å². The van der Waals surface area contributed by atoms with Crippen molar-refractivity contribution < 1.29 is 27.7 Å². The van der Waals surface area contributed by atoms with Gasteiger partial charge in [-0.3, -0.25) is 0 Å². The molecule has 18 heteroatoms. The third-order valence-electron chi connectivity index (χ3n) is 10.4. The lowest BCUT2D eigenvalue weighted by atomic mass is 9.82. The average molecular weight is 862 g/mol. The molecule has 3 aliphatic heterocycles. The Morgan fingerprint density at radius 2 is 1.35 bits per heavy atom. The van der Waals surface area contributed by atoms with Crippen LogP contribution in [0, 0.1) is 36.3 Å². The highest BCUT2D eigenvalue weighted by atomic mass is 79.9. The summed E-state index contributed by atoms with van der Waals surface area (Å²) in [6.45, 7) is 6.44. The number of fused-ring (bicyclic) bond motifs is 2. The third-order valence-corrected chi connectivity index (χ3v) is 11.1. The second kappa shape index (κ2) is 16.6. The van der Waals surface area contributed by atoms with Crippen LogP contribution in [0.4, 0.5) is 14.6 Å². The Morgan fingerprint density at radius 3 is 1.89 bits per heavy atom. The minimum Gasteiger partial charge on any atom is -0.424 e. The summed E-state index contributed by atoms with van der Waals surface area (Å²) in [6.07, 6.45) is 6.53. The Labute approximate surface area is 334 Å². The molecule has 1 aliphatic carbocycles. The van der Waals surface area contributed by atoms with E-state index in [1.165, 1.54) is 43.2 Å². The van der Waals surface area contributed by atoms with Crippen LogP contribution in [0.15, 0.2) is 53.5 Å². The van der Waals surface area contributed by atoms with Gasteiger partial charge in [0.05, 0.1) is 25.3 Å². The lowest BCUT2D eigenvalue weighted by molar-refractivity contribution is 0.182. The summed E-state index contributed by atoms with van der Waals surface area (Å²) in [6, 6.07) is 10.9. The van der Waals surface area contributed by atoms with Crippen molar-refractivity contribution in [2.24, 2.45) is 17.8 Å². The molecule has 4 fully saturated rings. The molecule has 55 heavy (non-hydrogen) atoms. The Hall–Kier alpha value is -3.96. The van der Waals surface area contributed by atoms with Crippen molar-refractivity contribution in [1.82, 2.24) is 39.5 Å². The van der Waals surface area contributed by atoms with Crippen molar-refractivity contribution >= 4 is 44.9 Å². The number of ether oxygens (including phenoxy) is 4. The Kier molecular flexibility index (Phi) is 11.5. The zero-order chi connectivity index (χ0) is 38.1. The quantitative estimate of drug-likeness (QED) is 0.142. The number of hydrogen-bond acceptors (Lipinski definition) is 11. The van der Waals surface area contributed by atoms with E-state index >= 15 is 0 Å². The van der Waals surface area contributed by atoms with E-state index in [2.05, 4.69) is 46.9 Å². The molecule has 0 N–H and O–H groups in total. The molecular formula is C37H38BrCl2F2N9O4. The number of anilines is 1. The monoisotopic (exact) mass is 859 g/mol. The van der Waals surface area contributed by atoms with Crippen molar-refractivity contribution in [3.63, 3.8) is 0 Å². The van der Waals surface area contributed by atoms with Crippen LogP contribution in [0.25, 0.3) is 0 Å². The Morgan fingerprint density at radius 1 is 0.764 bits per heavy atom. The molecular weight excluding hydrogens is 823 g/mol. The van der Waals surface area contributed by atoms with Gasteiger partial charge in [-0.2, -0.15) is 15.1 Å². The molecule has 2 bridgehead atoms. The van der Waals surface area contributed by atoms with Crippen LogP contribution >= 0.6 is 39.1 Å². The molecule has 1 saturated carbocycles. The molecule has 0 spiro atoms. The number of hydrogen-bond donors (Lipinski definition) is 0. The van der Waals surface area contributed by atoms with Crippen LogP contribution < -0.4 is 14.4 Å². The van der Waals surface area contributed by atoms with Crippen molar-refractivity contribution in [3.8, 4) is 23.5 Å². The molecule has 0 amide bonds. The van der Waals surface area contributed by atoms with Crippen molar-refractivity contribution in [2.45, 2.75) is 51.1 Å². The van der Waals surface area contributed by atoms with E-state index in [1.54, 1.807) is 17.1 Å². The van der Waals surface area contributed by atoms with E-state index in [-0.39, 0.29) is 33.9 Å². The summed E-state index contributed by atoms with van der Waals surface area (Å²) < 4.78 is 53.5. The zero-order valence-electron chi connectivity index (χ0n) is 29.8. The van der Waals surface area contributed by atoms with E-state index in [0.29, 0.717) is 60.7 Å². The van der Waals surface area contributed by atoms with E-state index in [4.69, 9.17) is 52.2 Å². The molecule has 0 radical (unpaired) electrons. The summed E-state index contributed by atoms with van der Waals surface area (Å²) in [5, 5.41) is 9.61. The van der Waals surface area contributed by atoms with Gasteiger partial charge in [-0.15, -0.1) is 5.10 Å². The molecule has 3 aromatic heterocycles. The molecule has 290 valence electrons. The van der Waals surface area contributed by atoms with Gasteiger partial charge in [-0.1, -0.05) is 23.2 Å². The maximum absolute atomic E-state index is 13.9. The van der Waals surface area contributed by atoms with Gasteiger partial charge in [0.2, 0.25) is 4.73 Å². The fourth-order valence-corrected chi connectivity index (χ4v) is 8.58. The molecule has 6 heterocycles. The lowest BCUT2D eigenvalue weighted by Crippen LogP contribution is -2.43. The first kappa shape index (κ1) is 37.9. The number of nitrogens with zero attached hydrogens (tertiary/aromatic N) is 9. The largest absolute Gasteiger partial charge is 0.424 e. The van der Waals surface area contributed by atoms with Gasteiger partial charge in [-0.25, -0.2) is 28.1 Å². The maximum atomic E-state index is 13.9. The molecule has 3 unspecified atom stereocenters. The molecule has 9 rings (SSSR count). The molecule has 5 atom stereocenters. The molecule has 2 aromatic carbocycles. The maximum Gasteiger partial charge on any atom is 0.321 e. The van der Waals surface area contributed by atoms with Crippen LogP contribution in [0.3, 0.4) is 0 Å². The van der Waals surface area contributed by atoms with Gasteiger partial charge < -0.3 is 23.8 Å². The minimum absolute atomic E-state index is 0.0508. The van der Waals surface area contributed by atoms with Crippen LogP contribution in [-0.4, -0.2) is 79.0 Å². The van der Waals surface area contributed by atoms with Crippen molar-refractivity contribution in [2.75, 3.05) is 44.4 Å². The van der Waals surface area contributed by atoms with Crippen LogP contribution in [0.1, 0.15) is 49.3 Å². The summed E-state index contributed by atoms with van der Waals surface area (Å²) >= 11 is 15.0.